The molecule has 2 fully saturated rings. The average molecular weight is 286 g/mol. The molecule has 2 atom stereocenters. The van der Waals surface area contributed by atoms with Crippen molar-refractivity contribution in [3.8, 4) is 0 Å². The second kappa shape index (κ2) is 6.41. The molecule has 1 unspecified atom stereocenters. The number of aliphatic hydroxyl groups excluding tert-OH is 1. The Balaban J connectivity index is 1.77. The van der Waals surface area contributed by atoms with Crippen LogP contribution in [0.2, 0.25) is 0 Å². The van der Waals surface area contributed by atoms with E-state index in [1.54, 1.807) is 7.05 Å². The number of carboxylic acids is 1. The normalized spacial score (nSPS) is 25.8. The van der Waals surface area contributed by atoms with Gasteiger partial charge in [-0.2, -0.15) is 0 Å². The summed E-state index contributed by atoms with van der Waals surface area (Å²) in [5, 5.41) is 18.6. The number of aliphatic carboxylic acids is 1. The number of urea groups is 1. The lowest BCUT2D eigenvalue weighted by Gasteiger charge is -2.27. The van der Waals surface area contributed by atoms with Crippen LogP contribution in [-0.4, -0.2) is 77.5 Å². The summed E-state index contributed by atoms with van der Waals surface area (Å²) in [5.41, 5.74) is 0. The third-order valence-corrected chi connectivity index (χ3v) is 3.76. The molecule has 2 aliphatic rings. The summed E-state index contributed by atoms with van der Waals surface area (Å²) in [7, 11) is 1.62. The smallest absolute Gasteiger partial charge is 0.326 e. The van der Waals surface area contributed by atoms with E-state index >= 15 is 0 Å². The first-order valence-corrected chi connectivity index (χ1v) is 6.99. The van der Waals surface area contributed by atoms with Crippen molar-refractivity contribution in [1.29, 1.82) is 0 Å². The van der Waals surface area contributed by atoms with Crippen LogP contribution in [0, 0.1) is 5.92 Å². The monoisotopic (exact) mass is 286 g/mol. The third-order valence-electron chi connectivity index (χ3n) is 3.76. The molecule has 20 heavy (non-hydrogen) atoms. The number of nitrogens with zero attached hydrogens (tertiary/aromatic N) is 2. The van der Waals surface area contributed by atoms with Gasteiger partial charge in [0.1, 0.15) is 6.04 Å². The number of hydrogen-bond acceptors (Lipinski definition) is 4. The molecule has 1 aliphatic carbocycles. The van der Waals surface area contributed by atoms with E-state index < -0.39 is 18.1 Å². The quantitative estimate of drug-likeness (QED) is 0.670. The van der Waals surface area contributed by atoms with E-state index in [0.29, 0.717) is 19.1 Å². The van der Waals surface area contributed by atoms with Crippen LogP contribution >= 0.6 is 0 Å². The van der Waals surface area contributed by atoms with Crippen molar-refractivity contribution < 1.29 is 24.5 Å². The first kappa shape index (κ1) is 15.1. The number of ether oxygens (including phenoxy) is 1. The fourth-order valence-electron chi connectivity index (χ4n) is 2.31. The first-order valence-electron chi connectivity index (χ1n) is 6.99. The SMILES string of the molecule is CN(CCOCC1CC1)C(=O)N1CC(O)C[C@H]1C(=O)O. The highest BCUT2D eigenvalue weighted by Crippen LogP contribution is 2.28. The number of carbonyl (C=O) groups is 2. The molecule has 0 radical (unpaired) electrons. The van der Waals surface area contributed by atoms with Crippen molar-refractivity contribution in [2.75, 3.05) is 33.4 Å². The van der Waals surface area contributed by atoms with Crippen molar-refractivity contribution in [3.05, 3.63) is 0 Å². The highest BCUT2D eigenvalue weighted by molar-refractivity contribution is 5.83. The van der Waals surface area contributed by atoms with Crippen molar-refractivity contribution in [1.82, 2.24) is 9.80 Å². The molecule has 0 aromatic heterocycles. The van der Waals surface area contributed by atoms with E-state index in [1.807, 2.05) is 0 Å². The summed E-state index contributed by atoms with van der Waals surface area (Å²) in [6.45, 7) is 1.68. The fourth-order valence-corrected chi connectivity index (χ4v) is 2.31. The molecule has 1 aliphatic heterocycles. The van der Waals surface area contributed by atoms with Gasteiger partial charge in [-0.05, 0) is 18.8 Å². The standard InChI is InChI=1S/C13H22N2O5/c1-14(4-5-20-8-9-2-3-9)13(19)15-7-10(16)6-11(15)12(17)18/h9-11,16H,2-8H2,1H3,(H,17,18)/t10?,11-/m0/s1. The van der Waals surface area contributed by atoms with Crippen molar-refractivity contribution in [3.63, 3.8) is 0 Å². The van der Waals surface area contributed by atoms with Crippen molar-refractivity contribution in [2.24, 2.45) is 5.92 Å². The van der Waals surface area contributed by atoms with Crippen LogP contribution in [0.4, 0.5) is 4.79 Å². The maximum atomic E-state index is 12.2. The molecule has 2 rings (SSSR count). The Morgan fingerprint density at radius 2 is 2.10 bits per heavy atom. The van der Waals surface area contributed by atoms with Gasteiger partial charge in [0.15, 0.2) is 0 Å². The van der Waals surface area contributed by atoms with Crippen LogP contribution < -0.4 is 0 Å². The van der Waals surface area contributed by atoms with Crippen LogP contribution in [0.15, 0.2) is 0 Å². The molecule has 0 spiro atoms. The van der Waals surface area contributed by atoms with Crippen molar-refractivity contribution in [2.45, 2.75) is 31.4 Å². The lowest BCUT2D eigenvalue weighted by Crippen LogP contribution is -2.47. The molecule has 0 aromatic rings. The predicted molar refractivity (Wildman–Crippen MR) is 70.3 cm³/mol. The summed E-state index contributed by atoms with van der Waals surface area (Å²) in [5.74, 6) is -0.394. The van der Waals surface area contributed by atoms with Gasteiger partial charge in [0, 0.05) is 33.2 Å². The molecule has 7 nitrogen and oxygen atoms in total. The van der Waals surface area contributed by atoms with Gasteiger partial charge in [0.05, 0.1) is 12.7 Å². The van der Waals surface area contributed by atoms with Gasteiger partial charge in [-0.1, -0.05) is 0 Å². The third kappa shape index (κ3) is 3.83. The minimum atomic E-state index is -1.08. The number of amides is 2. The molecular formula is C13H22N2O5. The van der Waals surface area contributed by atoms with Crippen molar-refractivity contribution >= 4 is 12.0 Å². The van der Waals surface area contributed by atoms with Crippen LogP contribution in [0.25, 0.3) is 0 Å². The number of hydrogen-bond donors (Lipinski definition) is 2. The number of rotatable bonds is 6. The van der Waals surface area contributed by atoms with E-state index in [4.69, 9.17) is 9.84 Å². The maximum Gasteiger partial charge on any atom is 0.326 e. The topological polar surface area (TPSA) is 90.3 Å². The summed E-state index contributed by atoms with van der Waals surface area (Å²) in [6.07, 6.45) is 1.77. The summed E-state index contributed by atoms with van der Waals surface area (Å²) < 4.78 is 5.46. The van der Waals surface area contributed by atoms with Crippen LogP contribution in [0.1, 0.15) is 19.3 Å². The fraction of sp³-hybridized carbons (Fsp3) is 0.846. The highest BCUT2D eigenvalue weighted by atomic mass is 16.5. The Labute approximate surface area is 118 Å². The molecule has 1 saturated heterocycles. The zero-order chi connectivity index (χ0) is 14.7. The van der Waals surface area contributed by atoms with Gasteiger partial charge in [-0.3, -0.25) is 0 Å². The molecule has 2 N–H and O–H groups in total. The van der Waals surface area contributed by atoms with Crippen LogP contribution in [-0.2, 0) is 9.53 Å². The lowest BCUT2D eigenvalue weighted by atomic mass is 10.2. The van der Waals surface area contributed by atoms with E-state index in [9.17, 15) is 14.7 Å². The second-order valence-corrected chi connectivity index (χ2v) is 5.62. The van der Waals surface area contributed by atoms with Gasteiger partial charge < -0.3 is 24.7 Å². The van der Waals surface area contributed by atoms with Gasteiger partial charge in [0.25, 0.3) is 0 Å². The Hall–Kier alpha value is -1.34. The molecule has 7 heteroatoms. The van der Waals surface area contributed by atoms with Gasteiger partial charge in [-0.15, -0.1) is 0 Å². The minimum Gasteiger partial charge on any atom is -0.480 e. The summed E-state index contributed by atoms with van der Waals surface area (Å²) in [4.78, 5) is 25.9. The Morgan fingerprint density at radius 3 is 2.70 bits per heavy atom. The van der Waals surface area contributed by atoms with Gasteiger partial charge in [0.2, 0.25) is 0 Å². The number of likely N-dealkylation sites (tertiary alicyclic amines) is 1. The average Bonchev–Trinajstić information content (AvgIpc) is 3.14. The molecule has 0 aromatic carbocycles. The Kier molecular flexibility index (Phi) is 4.82. The molecule has 114 valence electrons. The van der Waals surface area contributed by atoms with Gasteiger partial charge in [-0.25, -0.2) is 9.59 Å². The number of carboxylic acid groups (broad SMARTS) is 1. The van der Waals surface area contributed by atoms with E-state index in [2.05, 4.69) is 0 Å². The molecule has 1 saturated carbocycles. The van der Waals surface area contributed by atoms with Gasteiger partial charge >= 0.3 is 12.0 Å². The zero-order valence-electron chi connectivity index (χ0n) is 11.7. The maximum absolute atomic E-state index is 12.2. The van der Waals surface area contributed by atoms with Crippen LogP contribution in [0.3, 0.4) is 0 Å². The number of likely N-dealkylation sites (N-methyl/N-ethyl adjacent to an activating group) is 1. The van der Waals surface area contributed by atoms with E-state index in [1.165, 1.54) is 22.6 Å². The minimum absolute atomic E-state index is 0.0725. The first-order chi connectivity index (χ1) is 9.49. The number of aliphatic hydroxyl groups is 1. The summed E-state index contributed by atoms with van der Waals surface area (Å²) in [6, 6.07) is -1.31. The largest absolute Gasteiger partial charge is 0.480 e. The van der Waals surface area contributed by atoms with Crippen LogP contribution in [0.5, 0.6) is 0 Å². The van der Waals surface area contributed by atoms with E-state index in [-0.39, 0.29) is 19.0 Å². The summed E-state index contributed by atoms with van der Waals surface area (Å²) >= 11 is 0. The lowest BCUT2D eigenvalue weighted by molar-refractivity contribution is -0.141. The Bertz CT molecular complexity index is 372. The molecule has 0 bridgehead atoms. The molecule has 1 heterocycles. The van der Waals surface area contributed by atoms with E-state index in [0.717, 1.165) is 6.61 Å². The second-order valence-electron chi connectivity index (χ2n) is 5.62. The number of β-amino-alcohol motifs (C(OH)–C–C–N with tert-alkyl or cyclic N) is 1. The molecule has 2 amide bonds. The zero-order valence-corrected chi connectivity index (χ0v) is 11.7. The highest BCUT2D eigenvalue weighted by Gasteiger charge is 2.39. The molecular weight excluding hydrogens is 264 g/mol. The predicted octanol–water partition coefficient (Wildman–Crippen LogP) is -0.0154. The number of carbonyl (C=O) groups excluding carboxylic acids is 1. The Morgan fingerprint density at radius 1 is 1.40 bits per heavy atom.